The zero-order valence-corrected chi connectivity index (χ0v) is 14.4. The van der Waals surface area contributed by atoms with Crippen molar-refractivity contribution in [3.63, 3.8) is 0 Å². The number of sulfonamides is 1. The summed E-state index contributed by atoms with van der Waals surface area (Å²) in [4.78, 5) is 2.34. The molecular formula is C17H20N2O4S. The number of hydrogen-bond donors (Lipinski definition) is 1. The molecule has 0 bridgehead atoms. The van der Waals surface area contributed by atoms with E-state index in [0.29, 0.717) is 23.7 Å². The van der Waals surface area contributed by atoms with E-state index in [1.54, 1.807) is 43.5 Å². The molecule has 0 fully saturated rings. The van der Waals surface area contributed by atoms with Crippen molar-refractivity contribution in [2.45, 2.75) is 18.2 Å². The Hall–Kier alpha value is -2.54. The molecule has 128 valence electrons. The predicted octanol–water partition coefficient (Wildman–Crippen LogP) is 2.80. The Kier molecular flexibility index (Phi) is 6.20. The van der Waals surface area contributed by atoms with Gasteiger partial charge in [-0.05, 0) is 42.3 Å². The van der Waals surface area contributed by atoms with Gasteiger partial charge >= 0.3 is 0 Å². The van der Waals surface area contributed by atoms with E-state index in [2.05, 4.69) is 9.93 Å². The molecule has 7 heteroatoms. The maximum Gasteiger partial charge on any atom is 0.276 e. The number of nitrogens with zero attached hydrogens (tertiary/aromatic N) is 1. The van der Waals surface area contributed by atoms with Crippen LogP contribution in [0.5, 0.6) is 11.5 Å². The topological polar surface area (TPSA) is 77.0 Å². The van der Waals surface area contributed by atoms with E-state index in [4.69, 9.17) is 9.47 Å². The number of hydrazone groups is 1. The molecule has 1 N–H and O–H groups in total. The highest BCUT2D eigenvalue weighted by molar-refractivity contribution is 7.89. The number of benzene rings is 2. The third kappa shape index (κ3) is 4.73. The molecule has 2 aromatic rings. The second-order valence-corrected chi connectivity index (χ2v) is 6.59. The number of hydrogen-bond acceptors (Lipinski definition) is 5. The molecule has 0 aliphatic rings. The van der Waals surface area contributed by atoms with E-state index in [1.165, 1.54) is 18.3 Å². The van der Waals surface area contributed by atoms with Gasteiger partial charge in [-0.25, -0.2) is 4.83 Å². The predicted molar refractivity (Wildman–Crippen MR) is 93.1 cm³/mol. The van der Waals surface area contributed by atoms with Crippen LogP contribution in [0.4, 0.5) is 0 Å². The number of methoxy groups -OCH3 is 1. The van der Waals surface area contributed by atoms with Crippen LogP contribution in [-0.4, -0.2) is 28.3 Å². The summed E-state index contributed by atoms with van der Waals surface area (Å²) < 4.78 is 34.9. The van der Waals surface area contributed by atoms with Crippen molar-refractivity contribution < 1.29 is 17.9 Å². The smallest absolute Gasteiger partial charge is 0.276 e. The van der Waals surface area contributed by atoms with Gasteiger partial charge in [0.05, 0.1) is 24.8 Å². The highest BCUT2D eigenvalue weighted by Gasteiger charge is 2.11. The molecule has 0 amide bonds. The van der Waals surface area contributed by atoms with E-state index >= 15 is 0 Å². The summed E-state index contributed by atoms with van der Waals surface area (Å²) in [5, 5.41) is 3.80. The first-order valence-electron chi connectivity index (χ1n) is 7.47. The zero-order chi connectivity index (χ0) is 17.4. The molecule has 0 unspecified atom stereocenters. The maximum atomic E-state index is 12.0. The summed E-state index contributed by atoms with van der Waals surface area (Å²) in [5.41, 5.74) is 0.687. The van der Waals surface area contributed by atoms with Crippen molar-refractivity contribution in [3.8, 4) is 11.5 Å². The minimum Gasteiger partial charge on any atom is -0.493 e. The van der Waals surface area contributed by atoms with E-state index < -0.39 is 10.0 Å². The van der Waals surface area contributed by atoms with Crippen molar-refractivity contribution in [2.24, 2.45) is 5.10 Å². The maximum absolute atomic E-state index is 12.0. The van der Waals surface area contributed by atoms with Crippen LogP contribution in [0.1, 0.15) is 18.9 Å². The second kappa shape index (κ2) is 8.35. The van der Waals surface area contributed by atoms with Crippen LogP contribution in [0.2, 0.25) is 0 Å². The first-order valence-corrected chi connectivity index (χ1v) is 8.96. The van der Waals surface area contributed by atoms with Gasteiger partial charge in [0, 0.05) is 0 Å². The standard InChI is InChI=1S/C17H20N2O4S/c1-3-11-23-16-10-9-14(12-17(16)22-2)13-18-19-24(20,21)15-7-5-4-6-8-15/h4-10,12-13,19H,3,11H2,1-2H3/b18-13-. The Bertz CT molecular complexity index is 789. The number of ether oxygens (including phenoxy) is 2. The van der Waals surface area contributed by atoms with Crippen LogP contribution in [0.15, 0.2) is 58.5 Å². The Morgan fingerprint density at radius 2 is 1.88 bits per heavy atom. The molecule has 0 heterocycles. The normalized spacial score (nSPS) is 11.4. The molecule has 0 radical (unpaired) electrons. The summed E-state index contributed by atoms with van der Waals surface area (Å²) in [5.74, 6) is 1.21. The highest BCUT2D eigenvalue weighted by atomic mass is 32.2. The van der Waals surface area contributed by atoms with E-state index in [0.717, 1.165) is 6.42 Å². The van der Waals surface area contributed by atoms with Gasteiger partial charge in [-0.2, -0.15) is 13.5 Å². The van der Waals surface area contributed by atoms with Crippen molar-refractivity contribution in [1.82, 2.24) is 4.83 Å². The molecule has 0 saturated heterocycles. The van der Waals surface area contributed by atoms with Crippen LogP contribution in [0.3, 0.4) is 0 Å². The zero-order valence-electron chi connectivity index (χ0n) is 13.6. The molecule has 0 saturated carbocycles. The van der Waals surface area contributed by atoms with Crippen molar-refractivity contribution in [1.29, 1.82) is 0 Å². The molecule has 0 aliphatic heterocycles. The Morgan fingerprint density at radius 1 is 1.12 bits per heavy atom. The van der Waals surface area contributed by atoms with Gasteiger partial charge in [-0.3, -0.25) is 0 Å². The largest absolute Gasteiger partial charge is 0.493 e. The third-order valence-corrected chi connectivity index (χ3v) is 4.33. The van der Waals surface area contributed by atoms with Gasteiger partial charge < -0.3 is 9.47 Å². The van der Waals surface area contributed by atoms with Crippen LogP contribution < -0.4 is 14.3 Å². The molecule has 0 atom stereocenters. The lowest BCUT2D eigenvalue weighted by Gasteiger charge is -2.10. The molecule has 0 aliphatic carbocycles. The summed E-state index contributed by atoms with van der Waals surface area (Å²) in [7, 11) is -2.12. The Labute approximate surface area is 142 Å². The van der Waals surface area contributed by atoms with Gasteiger partial charge in [-0.15, -0.1) is 0 Å². The summed E-state index contributed by atoms with van der Waals surface area (Å²) in [6, 6.07) is 13.3. The fraction of sp³-hybridized carbons (Fsp3) is 0.235. The average molecular weight is 348 g/mol. The molecular weight excluding hydrogens is 328 g/mol. The van der Waals surface area contributed by atoms with Crippen LogP contribution in [0.25, 0.3) is 0 Å². The van der Waals surface area contributed by atoms with Crippen molar-refractivity contribution >= 4 is 16.2 Å². The minimum atomic E-state index is -3.67. The third-order valence-electron chi connectivity index (χ3n) is 3.09. The summed E-state index contributed by atoms with van der Waals surface area (Å²) in [6.07, 6.45) is 2.31. The van der Waals surface area contributed by atoms with Gasteiger partial charge in [-0.1, -0.05) is 25.1 Å². The van der Waals surface area contributed by atoms with Crippen LogP contribution >= 0.6 is 0 Å². The molecule has 2 rings (SSSR count). The molecule has 0 spiro atoms. The van der Waals surface area contributed by atoms with Gasteiger partial charge in [0.1, 0.15) is 0 Å². The van der Waals surface area contributed by atoms with Gasteiger partial charge in [0.2, 0.25) is 0 Å². The average Bonchev–Trinajstić information content (AvgIpc) is 2.61. The fourth-order valence-corrected chi connectivity index (χ4v) is 2.73. The second-order valence-electron chi connectivity index (χ2n) is 4.92. The van der Waals surface area contributed by atoms with Crippen LogP contribution in [-0.2, 0) is 10.0 Å². The first-order chi connectivity index (χ1) is 11.6. The SMILES string of the molecule is CCCOc1ccc(/C=N\NS(=O)(=O)c2ccccc2)cc1OC. The lowest BCUT2D eigenvalue weighted by atomic mass is 10.2. The van der Waals surface area contributed by atoms with Gasteiger partial charge in [0.25, 0.3) is 10.0 Å². The Morgan fingerprint density at radius 3 is 2.54 bits per heavy atom. The first kappa shape index (κ1) is 17.8. The molecule has 6 nitrogen and oxygen atoms in total. The minimum absolute atomic E-state index is 0.156. The lowest BCUT2D eigenvalue weighted by molar-refractivity contribution is 0.294. The van der Waals surface area contributed by atoms with E-state index in [1.807, 2.05) is 6.92 Å². The Balaban J connectivity index is 2.09. The summed E-state index contributed by atoms with van der Waals surface area (Å²) >= 11 is 0. The highest BCUT2D eigenvalue weighted by Crippen LogP contribution is 2.27. The number of nitrogens with one attached hydrogen (secondary N) is 1. The van der Waals surface area contributed by atoms with Gasteiger partial charge in [0.15, 0.2) is 11.5 Å². The monoisotopic (exact) mass is 348 g/mol. The fourth-order valence-electron chi connectivity index (χ4n) is 1.92. The molecule has 2 aromatic carbocycles. The van der Waals surface area contributed by atoms with E-state index in [-0.39, 0.29) is 4.90 Å². The quantitative estimate of drug-likeness (QED) is 0.588. The molecule has 0 aromatic heterocycles. The summed E-state index contributed by atoms with van der Waals surface area (Å²) in [6.45, 7) is 2.62. The van der Waals surface area contributed by atoms with Crippen molar-refractivity contribution in [3.05, 3.63) is 54.1 Å². The lowest BCUT2D eigenvalue weighted by Crippen LogP contribution is -2.18. The molecule has 24 heavy (non-hydrogen) atoms. The van der Waals surface area contributed by atoms with E-state index in [9.17, 15) is 8.42 Å². The van der Waals surface area contributed by atoms with Crippen molar-refractivity contribution in [2.75, 3.05) is 13.7 Å². The number of rotatable bonds is 8. The van der Waals surface area contributed by atoms with Crippen LogP contribution in [0, 0.1) is 0 Å².